The molecule has 0 aromatic heterocycles. The Kier molecular flexibility index (Phi) is 3.78. The molecule has 1 aliphatic carbocycles. The number of piperidine rings is 1. The molecule has 0 N–H and O–H groups in total. The molecule has 3 aliphatic rings. The summed E-state index contributed by atoms with van der Waals surface area (Å²) in [6, 6.07) is 0.0370. The maximum atomic E-state index is 12.1. The molecule has 0 aromatic rings. The lowest BCUT2D eigenvalue weighted by Crippen LogP contribution is -2.64. The normalized spacial score (nSPS) is 28.8. The van der Waals surface area contributed by atoms with E-state index in [9.17, 15) is 9.59 Å². The van der Waals surface area contributed by atoms with Gasteiger partial charge in [0.05, 0.1) is 11.6 Å². The van der Waals surface area contributed by atoms with Crippen LogP contribution < -0.4 is 0 Å². The predicted octanol–water partition coefficient (Wildman–Crippen LogP) is 1.19. The van der Waals surface area contributed by atoms with Gasteiger partial charge in [0.15, 0.2) is 0 Å². The van der Waals surface area contributed by atoms with Gasteiger partial charge in [0.1, 0.15) is 6.61 Å². The topological polar surface area (TPSA) is 49.9 Å². The fraction of sp³-hybridized carbons (Fsp3) is 0.750. The number of hydrogen-bond donors (Lipinski definition) is 0. The van der Waals surface area contributed by atoms with Crippen LogP contribution in [0.4, 0.5) is 0 Å². The highest BCUT2D eigenvalue weighted by atomic mass is 16.5. The number of nitrogens with zero attached hydrogens (tertiary/aromatic N) is 2. The molecule has 3 fully saturated rings. The number of morpholine rings is 1. The van der Waals surface area contributed by atoms with Crippen LogP contribution in [0.2, 0.25) is 0 Å². The Hall–Kier alpha value is -1.36. The van der Waals surface area contributed by atoms with Crippen LogP contribution >= 0.6 is 0 Å². The van der Waals surface area contributed by atoms with Crippen LogP contribution in [0, 0.1) is 5.92 Å². The third-order valence-corrected chi connectivity index (χ3v) is 5.21. The van der Waals surface area contributed by atoms with E-state index in [0.717, 1.165) is 38.8 Å². The second-order valence-electron chi connectivity index (χ2n) is 6.46. The molecule has 5 heteroatoms. The number of carbonyl (C=O) groups is 2. The molecule has 1 spiro atoms. The van der Waals surface area contributed by atoms with E-state index in [0.29, 0.717) is 12.5 Å². The predicted molar refractivity (Wildman–Crippen MR) is 78.6 cm³/mol. The van der Waals surface area contributed by atoms with Crippen LogP contribution in [-0.4, -0.2) is 59.5 Å². The van der Waals surface area contributed by atoms with Gasteiger partial charge in [0.2, 0.25) is 11.8 Å². The SMILES string of the molecule is C=CCN1C(=O)COC2(CCN(C(=O)C3CC3)CC2)C1C. The van der Waals surface area contributed by atoms with Crippen molar-refractivity contribution >= 4 is 11.8 Å². The summed E-state index contributed by atoms with van der Waals surface area (Å²) in [5.41, 5.74) is -0.294. The van der Waals surface area contributed by atoms with Crippen LogP contribution in [0.15, 0.2) is 12.7 Å². The Labute approximate surface area is 125 Å². The second kappa shape index (κ2) is 5.44. The molecule has 1 saturated carbocycles. The molecule has 0 bridgehead atoms. The summed E-state index contributed by atoms with van der Waals surface area (Å²) in [4.78, 5) is 28.0. The minimum atomic E-state index is -0.294. The molecule has 3 rings (SSSR count). The van der Waals surface area contributed by atoms with Gasteiger partial charge >= 0.3 is 0 Å². The molecule has 21 heavy (non-hydrogen) atoms. The third kappa shape index (κ3) is 2.59. The maximum absolute atomic E-state index is 12.1. The smallest absolute Gasteiger partial charge is 0.249 e. The van der Waals surface area contributed by atoms with Crippen LogP contribution in [-0.2, 0) is 14.3 Å². The van der Waals surface area contributed by atoms with E-state index in [-0.39, 0.29) is 30.1 Å². The molecular formula is C16H24N2O3. The lowest BCUT2D eigenvalue weighted by atomic mass is 9.82. The van der Waals surface area contributed by atoms with Crippen molar-refractivity contribution in [2.24, 2.45) is 5.92 Å². The summed E-state index contributed by atoms with van der Waals surface area (Å²) in [5, 5.41) is 0. The third-order valence-electron chi connectivity index (χ3n) is 5.21. The van der Waals surface area contributed by atoms with Crippen molar-refractivity contribution in [3.8, 4) is 0 Å². The number of amides is 2. The fourth-order valence-electron chi connectivity index (χ4n) is 3.56. The number of rotatable bonds is 3. The molecule has 2 heterocycles. The Balaban J connectivity index is 1.66. The molecule has 2 aliphatic heterocycles. The van der Waals surface area contributed by atoms with Crippen LogP contribution in [0.1, 0.15) is 32.6 Å². The van der Waals surface area contributed by atoms with Crippen molar-refractivity contribution in [2.75, 3.05) is 26.2 Å². The average Bonchev–Trinajstić information content (AvgIpc) is 3.33. The van der Waals surface area contributed by atoms with E-state index >= 15 is 0 Å². The van der Waals surface area contributed by atoms with E-state index in [2.05, 4.69) is 13.5 Å². The van der Waals surface area contributed by atoms with Gasteiger partial charge < -0.3 is 14.5 Å². The first kappa shape index (κ1) is 14.6. The molecule has 2 saturated heterocycles. The zero-order valence-electron chi connectivity index (χ0n) is 12.7. The number of ether oxygens (including phenoxy) is 1. The Bertz CT molecular complexity index is 450. The largest absolute Gasteiger partial charge is 0.363 e. The maximum Gasteiger partial charge on any atom is 0.249 e. The summed E-state index contributed by atoms with van der Waals surface area (Å²) in [5.74, 6) is 0.624. The molecule has 116 valence electrons. The van der Waals surface area contributed by atoms with E-state index in [1.165, 1.54) is 0 Å². The second-order valence-corrected chi connectivity index (χ2v) is 6.46. The number of hydrogen-bond acceptors (Lipinski definition) is 3. The molecule has 1 atom stereocenters. The molecule has 5 nitrogen and oxygen atoms in total. The van der Waals surface area contributed by atoms with Crippen molar-refractivity contribution in [3.05, 3.63) is 12.7 Å². The number of carbonyl (C=O) groups excluding carboxylic acids is 2. The zero-order chi connectivity index (χ0) is 15.0. The standard InChI is InChI=1S/C16H24N2O3/c1-3-8-18-12(2)16(21-11-14(18)19)6-9-17(10-7-16)15(20)13-4-5-13/h3,12-13H,1,4-11H2,2H3. The first-order valence-electron chi connectivity index (χ1n) is 7.90. The van der Waals surface area contributed by atoms with Gasteiger partial charge in [-0.1, -0.05) is 6.08 Å². The summed E-state index contributed by atoms with van der Waals surface area (Å²) >= 11 is 0. The van der Waals surface area contributed by atoms with Crippen molar-refractivity contribution < 1.29 is 14.3 Å². The van der Waals surface area contributed by atoms with Gasteiger partial charge in [0.25, 0.3) is 0 Å². The summed E-state index contributed by atoms with van der Waals surface area (Å²) < 4.78 is 5.95. The summed E-state index contributed by atoms with van der Waals surface area (Å²) in [6.45, 7) is 7.99. The molecular weight excluding hydrogens is 268 g/mol. The van der Waals surface area contributed by atoms with Crippen LogP contribution in [0.25, 0.3) is 0 Å². The van der Waals surface area contributed by atoms with Gasteiger partial charge in [-0.3, -0.25) is 9.59 Å². The van der Waals surface area contributed by atoms with E-state index in [1.54, 1.807) is 6.08 Å². The zero-order valence-corrected chi connectivity index (χ0v) is 12.7. The summed E-state index contributed by atoms with van der Waals surface area (Å²) in [6.07, 6.45) is 5.49. The summed E-state index contributed by atoms with van der Waals surface area (Å²) in [7, 11) is 0. The minimum absolute atomic E-state index is 0.0320. The quantitative estimate of drug-likeness (QED) is 0.734. The van der Waals surface area contributed by atoms with Gasteiger partial charge in [-0.15, -0.1) is 6.58 Å². The van der Waals surface area contributed by atoms with Crippen molar-refractivity contribution in [1.29, 1.82) is 0 Å². The average molecular weight is 292 g/mol. The Morgan fingerprint density at radius 1 is 1.43 bits per heavy atom. The van der Waals surface area contributed by atoms with Gasteiger partial charge in [-0.2, -0.15) is 0 Å². The van der Waals surface area contributed by atoms with Crippen LogP contribution in [0.3, 0.4) is 0 Å². The van der Waals surface area contributed by atoms with Crippen molar-refractivity contribution in [2.45, 2.75) is 44.2 Å². The fourth-order valence-corrected chi connectivity index (χ4v) is 3.56. The lowest BCUT2D eigenvalue weighted by Gasteiger charge is -2.51. The van der Waals surface area contributed by atoms with E-state index in [1.807, 2.05) is 9.80 Å². The first-order chi connectivity index (χ1) is 10.1. The monoisotopic (exact) mass is 292 g/mol. The van der Waals surface area contributed by atoms with Gasteiger partial charge in [0, 0.05) is 25.6 Å². The van der Waals surface area contributed by atoms with Gasteiger partial charge in [-0.25, -0.2) is 0 Å². The van der Waals surface area contributed by atoms with Gasteiger partial charge in [-0.05, 0) is 32.6 Å². The van der Waals surface area contributed by atoms with E-state index < -0.39 is 0 Å². The molecule has 1 unspecified atom stereocenters. The Morgan fingerprint density at radius 2 is 2.10 bits per heavy atom. The van der Waals surface area contributed by atoms with Crippen molar-refractivity contribution in [3.63, 3.8) is 0 Å². The lowest BCUT2D eigenvalue weighted by molar-refractivity contribution is -0.186. The highest BCUT2D eigenvalue weighted by Gasteiger charge is 2.48. The van der Waals surface area contributed by atoms with E-state index in [4.69, 9.17) is 4.74 Å². The first-order valence-corrected chi connectivity index (χ1v) is 7.90. The number of likely N-dealkylation sites (tertiary alicyclic amines) is 1. The minimum Gasteiger partial charge on any atom is -0.363 e. The van der Waals surface area contributed by atoms with Crippen molar-refractivity contribution in [1.82, 2.24) is 9.80 Å². The highest BCUT2D eigenvalue weighted by molar-refractivity contribution is 5.81. The molecule has 2 amide bonds. The Morgan fingerprint density at radius 3 is 2.67 bits per heavy atom. The molecule has 0 radical (unpaired) electrons. The highest BCUT2D eigenvalue weighted by Crippen LogP contribution is 2.38. The molecule has 0 aromatic carbocycles. The van der Waals surface area contributed by atoms with Crippen LogP contribution in [0.5, 0.6) is 0 Å².